The second-order valence-electron chi connectivity index (χ2n) is 8.71. The van der Waals surface area contributed by atoms with Crippen LogP contribution in [0, 0.1) is 0 Å². The largest absolute Gasteiger partial charge is 0.332 e. The molecule has 0 aromatic carbocycles. The lowest BCUT2D eigenvalue weighted by atomic mass is 10.2. The lowest BCUT2D eigenvalue weighted by Gasteiger charge is -2.13. The van der Waals surface area contributed by atoms with Gasteiger partial charge in [0.25, 0.3) is 23.4 Å². The first-order valence-corrected chi connectivity index (χ1v) is 13.1. The number of rotatable bonds is 11. The van der Waals surface area contributed by atoms with E-state index >= 15 is 0 Å². The Morgan fingerprint density at radius 2 is 1.82 bits per heavy atom. The van der Waals surface area contributed by atoms with Crippen LogP contribution in [0.1, 0.15) is 42.2 Å². The number of hydrogen-bond acceptors (Lipinski definition) is 9. The average molecular weight is 556 g/mol. The van der Waals surface area contributed by atoms with Crippen molar-refractivity contribution in [2.45, 2.75) is 51.6 Å². The Labute approximate surface area is 222 Å². The number of thiophene rings is 1. The third-order valence-corrected chi connectivity index (χ3v) is 7.00. The van der Waals surface area contributed by atoms with Crippen LogP contribution in [-0.2, 0) is 25.9 Å². The van der Waals surface area contributed by atoms with Gasteiger partial charge >= 0.3 is 5.69 Å². The fourth-order valence-electron chi connectivity index (χ4n) is 4.22. The molecule has 0 atom stereocenters. The minimum Gasteiger partial charge on any atom is -0.332 e. The summed E-state index contributed by atoms with van der Waals surface area (Å²) >= 11 is 1.57. The highest BCUT2D eigenvalue weighted by Crippen LogP contribution is 2.16. The smallest absolute Gasteiger partial charge is 0.331 e. The van der Waals surface area contributed by atoms with Gasteiger partial charge in [-0.2, -0.15) is 4.98 Å². The summed E-state index contributed by atoms with van der Waals surface area (Å²) in [6.45, 7) is 0.118. The highest BCUT2D eigenvalue weighted by molar-refractivity contribution is 7.09. The minimum absolute atomic E-state index is 0.00196. The molecule has 5 aromatic rings. The normalized spacial score (nSPS) is 11.6. The van der Waals surface area contributed by atoms with Crippen molar-refractivity contribution in [1.82, 2.24) is 34.2 Å². The zero-order valence-corrected chi connectivity index (χ0v) is 21.4. The monoisotopic (exact) mass is 555 g/mol. The molecule has 0 saturated heterocycles. The van der Waals surface area contributed by atoms with Crippen LogP contribution >= 0.6 is 11.3 Å². The summed E-state index contributed by atoms with van der Waals surface area (Å²) < 4.78 is 34.0. The van der Waals surface area contributed by atoms with Gasteiger partial charge in [0.15, 0.2) is 17.2 Å². The standard InChI is InChI=1S/C25H23F2N7O4S/c26-20(27)21-30-18-19(22(35)31-21)33(13-5-7-15-8-6-14-39-15)25(37)34(24(18)36)12-4-2-10-17-29-23(38-32-17)16-9-1-3-11-28-16/h1,3,6,8-9,11,14,20H,2,4-5,7,10,12-13H2,(H,30,31,35). The fourth-order valence-corrected chi connectivity index (χ4v) is 4.97. The molecule has 0 amide bonds. The van der Waals surface area contributed by atoms with E-state index in [4.69, 9.17) is 4.52 Å². The number of aromatic amines is 1. The molecule has 11 nitrogen and oxygen atoms in total. The number of unbranched alkanes of at least 4 members (excludes halogenated alkanes) is 1. The molecule has 5 heterocycles. The van der Waals surface area contributed by atoms with Gasteiger partial charge in [-0.3, -0.25) is 23.7 Å². The summed E-state index contributed by atoms with van der Waals surface area (Å²) in [5.41, 5.74) is -2.73. The Morgan fingerprint density at radius 3 is 2.56 bits per heavy atom. The molecule has 5 rings (SSSR count). The van der Waals surface area contributed by atoms with E-state index in [1.165, 1.54) is 0 Å². The van der Waals surface area contributed by atoms with E-state index in [-0.39, 0.29) is 24.5 Å². The fraction of sp³-hybridized carbons (Fsp3) is 0.320. The Morgan fingerprint density at radius 1 is 0.974 bits per heavy atom. The second-order valence-corrected chi connectivity index (χ2v) is 9.74. The highest BCUT2D eigenvalue weighted by atomic mass is 32.1. The van der Waals surface area contributed by atoms with Crippen LogP contribution in [-0.4, -0.2) is 34.2 Å². The molecule has 202 valence electrons. The minimum atomic E-state index is -3.08. The quantitative estimate of drug-likeness (QED) is 0.245. The topological polar surface area (TPSA) is 142 Å². The number of H-pyrrole nitrogens is 1. The van der Waals surface area contributed by atoms with Gasteiger partial charge in [-0.05, 0) is 49.3 Å². The molecule has 0 saturated carbocycles. The molecule has 39 heavy (non-hydrogen) atoms. The molecule has 0 spiro atoms. The average Bonchev–Trinajstić information content (AvgIpc) is 3.63. The Hall–Kier alpha value is -4.33. The van der Waals surface area contributed by atoms with E-state index in [9.17, 15) is 23.2 Å². The van der Waals surface area contributed by atoms with Crippen LogP contribution in [0.2, 0.25) is 0 Å². The molecule has 0 unspecified atom stereocenters. The van der Waals surface area contributed by atoms with Crippen molar-refractivity contribution in [3.05, 3.63) is 89.6 Å². The van der Waals surface area contributed by atoms with Crippen molar-refractivity contribution in [2.24, 2.45) is 0 Å². The van der Waals surface area contributed by atoms with Crippen molar-refractivity contribution in [1.29, 1.82) is 0 Å². The maximum Gasteiger partial charge on any atom is 0.331 e. The van der Waals surface area contributed by atoms with Crippen molar-refractivity contribution in [3.63, 3.8) is 0 Å². The van der Waals surface area contributed by atoms with Gasteiger partial charge in [-0.25, -0.2) is 18.6 Å². The van der Waals surface area contributed by atoms with Crippen molar-refractivity contribution in [3.8, 4) is 11.6 Å². The molecular formula is C25H23F2N7O4S. The second kappa shape index (κ2) is 11.6. The van der Waals surface area contributed by atoms with Gasteiger partial charge in [-0.15, -0.1) is 11.3 Å². The first kappa shape index (κ1) is 26.3. The zero-order chi connectivity index (χ0) is 27.4. The van der Waals surface area contributed by atoms with E-state index in [1.807, 2.05) is 22.5 Å². The molecule has 0 aliphatic heterocycles. The predicted octanol–water partition coefficient (Wildman–Crippen LogP) is 3.35. The molecule has 14 heteroatoms. The molecule has 0 aliphatic rings. The van der Waals surface area contributed by atoms with Crippen LogP contribution in [0.15, 0.2) is 60.8 Å². The highest BCUT2D eigenvalue weighted by Gasteiger charge is 2.21. The number of halogens is 2. The van der Waals surface area contributed by atoms with Gasteiger partial charge in [0.05, 0.1) is 0 Å². The third kappa shape index (κ3) is 5.74. The molecule has 5 aromatic heterocycles. The zero-order valence-electron chi connectivity index (χ0n) is 20.5. The summed E-state index contributed by atoms with van der Waals surface area (Å²) in [6.07, 6.45) is 0.989. The van der Waals surface area contributed by atoms with Crippen LogP contribution in [0.25, 0.3) is 22.6 Å². The summed E-state index contributed by atoms with van der Waals surface area (Å²) in [5.74, 6) is -0.184. The number of pyridine rings is 1. The van der Waals surface area contributed by atoms with Crippen molar-refractivity contribution >= 4 is 22.4 Å². The van der Waals surface area contributed by atoms with Gasteiger partial charge in [0.1, 0.15) is 11.2 Å². The number of hydrogen-bond donors (Lipinski definition) is 1. The Kier molecular flexibility index (Phi) is 7.81. The van der Waals surface area contributed by atoms with E-state index < -0.39 is 34.6 Å². The van der Waals surface area contributed by atoms with E-state index in [0.29, 0.717) is 43.6 Å². The van der Waals surface area contributed by atoms with E-state index in [2.05, 4.69) is 20.1 Å². The third-order valence-electron chi connectivity index (χ3n) is 6.07. The summed E-state index contributed by atoms with van der Waals surface area (Å²) in [4.78, 5) is 54.5. The summed E-state index contributed by atoms with van der Waals surface area (Å²) in [7, 11) is 0. The number of nitrogens with zero attached hydrogens (tertiary/aromatic N) is 6. The first-order valence-electron chi connectivity index (χ1n) is 12.2. The molecule has 1 N–H and O–H groups in total. The van der Waals surface area contributed by atoms with E-state index in [0.717, 1.165) is 14.0 Å². The maximum absolute atomic E-state index is 13.3. The molecule has 0 aliphatic carbocycles. The van der Waals surface area contributed by atoms with Crippen molar-refractivity contribution in [2.75, 3.05) is 0 Å². The SMILES string of the molecule is O=c1[nH]c(C(F)F)nc2c(=O)n(CCCCc3noc(-c4ccccn4)n3)c(=O)n(CCCc3cccs3)c12. The number of aromatic nitrogens is 7. The van der Waals surface area contributed by atoms with Crippen LogP contribution < -0.4 is 16.8 Å². The molecule has 0 fully saturated rings. The first-order chi connectivity index (χ1) is 18.9. The predicted molar refractivity (Wildman–Crippen MR) is 139 cm³/mol. The van der Waals surface area contributed by atoms with Crippen LogP contribution in [0.4, 0.5) is 8.78 Å². The lowest BCUT2D eigenvalue weighted by molar-refractivity contribution is 0.140. The molecule has 0 bridgehead atoms. The number of alkyl halides is 2. The maximum atomic E-state index is 13.3. The van der Waals surface area contributed by atoms with Crippen LogP contribution in [0.3, 0.4) is 0 Å². The Balaban J connectivity index is 1.37. The van der Waals surface area contributed by atoms with Crippen LogP contribution in [0.5, 0.6) is 0 Å². The Bertz CT molecular complexity index is 1740. The molecular weight excluding hydrogens is 532 g/mol. The number of nitrogens with one attached hydrogen (secondary N) is 1. The molecule has 0 radical (unpaired) electrons. The summed E-state index contributed by atoms with van der Waals surface area (Å²) in [5, 5.41) is 5.88. The van der Waals surface area contributed by atoms with Gasteiger partial charge in [0, 0.05) is 30.6 Å². The van der Waals surface area contributed by atoms with E-state index in [1.54, 1.807) is 35.7 Å². The summed E-state index contributed by atoms with van der Waals surface area (Å²) in [6, 6.07) is 9.19. The number of aryl methyl sites for hydroxylation is 3. The van der Waals surface area contributed by atoms with Gasteiger partial charge < -0.3 is 9.51 Å². The lowest BCUT2D eigenvalue weighted by Crippen LogP contribution is -2.42. The van der Waals surface area contributed by atoms with Gasteiger partial charge in [-0.1, -0.05) is 17.3 Å². The van der Waals surface area contributed by atoms with Gasteiger partial charge in [0.2, 0.25) is 0 Å². The van der Waals surface area contributed by atoms with Crippen molar-refractivity contribution < 1.29 is 13.3 Å². The number of fused-ring (bicyclic) bond motifs is 1.